The Hall–Kier alpha value is -2.95. The van der Waals surface area contributed by atoms with E-state index >= 15 is 0 Å². The molecule has 1 N–H and O–H groups in total. The second kappa shape index (κ2) is 5.92. The van der Waals surface area contributed by atoms with Gasteiger partial charge in [-0.15, -0.1) is 0 Å². The van der Waals surface area contributed by atoms with Crippen LogP contribution in [0.3, 0.4) is 0 Å². The van der Waals surface area contributed by atoms with E-state index in [-0.39, 0.29) is 24.1 Å². The largest absolute Gasteiger partial charge is 0.351 e. The molecule has 0 bridgehead atoms. The van der Waals surface area contributed by atoms with Crippen LogP contribution in [-0.4, -0.2) is 21.5 Å². The third-order valence-electron chi connectivity index (χ3n) is 4.42. The molecule has 0 saturated heterocycles. The van der Waals surface area contributed by atoms with Crippen LogP contribution in [0.25, 0.3) is 11.0 Å². The summed E-state index contributed by atoms with van der Waals surface area (Å²) in [4.78, 5) is 28.5. The lowest BCUT2D eigenvalue weighted by molar-refractivity contribution is -0.121. The van der Waals surface area contributed by atoms with E-state index in [0.29, 0.717) is 17.0 Å². The Morgan fingerprint density at radius 1 is 1.12 bits per heavy atom. The minimum atomic E-state index is -0.265. The monoisotopic (exact) mass is 319 g/mol. The molecule has 2 atom stereocenters. The van der Waals surface area contributed by atoms with Crippen molar-refractivity contribution < 1.29 is 4.79 Å². The number of rotatable bonds is 4. The molecule has 2 aromatic carbocycles. The summed E-state index contributed by atoms with van der Waals surface area (Å²) < 4.78 is 1.47. The van der Waals surface area contributed by atoms with Crippen LogP contribution >= 0.6 is 0 Å². The average Bonchev–Trinajstić information content (AvgIpc) is 3.37. The Kier molecular flexibility index (Phi) is 3.61. The van der Waals surface area contributed by atoms with Crippen LogP contribution in [0.1, 0.15) is 17.9 Å². The number of fused-ring (bicyclic) bond motifs is 1. The first-order chi connectivity index (χ1) is 11.7. The first-order valence-electron chi connectivity index (χ1n) is 8.01. The van der Waals surface area contributed by atoms with Gasteiger partial charge in [-0.1, -0.05) is 42.5 Å². The Morgan fingerprint density at radius 2 is 1.88 bits per heavy atom. The third-order valence-corrected chi connectivity index (χ3v) is 4.42. The Bertz CT molecular complexity index is 949. The maximum absolute atomic E-state index is 12.3. The van der Waals surface area contributed by atoms with Gasteiger partial charge in [-0.3, -0.25) is 14.2 Å². The molecule has 1 aliphatic rings. The first kappa shape index (κ1) is 14.6. The summed E-state index contributed by atoms with van der Waals surface area (Å²) in [7, 11) is 0. The van der Waals surface area contributed by atoms with Crippen LogP contribution in [0.15, 0.2) is 65.6 Å². The van der Waals surface area contributed by atoms with E-state index in [2.05, 4.69) is 22.4 Å². The molecule has 3 aromatic rings. The van der Waals surface area contributed by atoms with Crippen molar-refractivity contribution in [1.82, 2.24) is 14.9 Å². The topological polar surface area (TPSA) is 64.0 Å². The number of aromatic nitrogens is 2. The van der Waals surface area contributed by atoms with Gasteiger partial charge in [-0.25, -0.2) is 4.98 Å². The van der Waals surface area contributed by atoms with E-state index in [1.165, 1.54) is 16.3 Å². The lowest BCUT2D eigenvalue weighted by atomic mass is 10.1. The van der Waals surface area contributed by atoms with E-state index in [1.54, 1.807) is 6.07 Å². The number of benzene rings is 2. The quantitative estimate of drug-likeness (QED) is 0.801. The van der Waals surface area contributed by atoms with Crippen LogP contribution < -0.4 is 10.9 Å². The van der Waals surface area contributed by atoms with Crippen molar-refractivity contribution in [3.8, 4) is 0 Å². The number of carbonyl (C=O) groups excluding carboxylic acids is 1. The number of para-hydroxylation sites is 2. The van der Waals surface area contributed by atoms with Crippen molar-refractivity contribution in [2.24, 2.45) is 0 Å². The number of amides is 1. The number of hydrogen-bond donors (Lipinski definition) is 1. The molecule has 5 nitrogen and oxygen atoms in total. The molecule has 24 heavy (non-hydrogen) atoms. The molecule has 0 aliphatic heterocycles. The maximum atomic E-state index is 12.3. The molecule has 0 radical (unpaired) electrons. The van der Waals surface area contributed by atoms with Gasteiger partial charge in [-0.2, -0.15) is 0 Å². The van der Waals surface area contributed by atoms with Crippen LogP contribution in [0, 0.1) is 0 Å². The lowest BCUT2D eigenvalue weighted by Crippen LogP contribution is -2.34. The molecule has 1 aromatic heterocycles. The van der Waals surface area contributed by atoms with E-state index in [1.807, 2.05) is 36.4 Å². The minimum Gasteiger partial charge on any atom is -0.351 e. The highest BCUT2D eigenvalue weighted by molar-refractivity contribution is 5.80. The fourth-order valence-corrected chi connectivity index (χ4v) is 3.10. The molecule has 1 aliphatic carbocycles. The third kappa shape index (κ3) is 2.80. The zero-order valence-corrected chi connectivity index (χ0v) is 13.1. The predicted octanol–water partition coefficient (Wildman–Crippen LogP) is 2.07. The second-order valence-corrected chi connectivity index (χ2v) is 6.10. The molecule has 1 fully saturated rings. The van der Waals surface area contributed by atoms with Crippen LogP contribution in [0.2, 0.25) is 0 Å². The van der Waals surface area contributed by atoms with Crippen LogP contribution in [0.4, 0.5) is 0 Å². The van der Waals surface area contributed by atoms with Crippen LogP contribution in [0.5, 0.6) is 0 Å². The molecule has 1 amide bonds. The second-order valence-electron chi connectivity index (χ2n) is 6.10. The highest BCUT2D eigenvalue weighted by Crippen LogP contribution is 2.40. The van der Waals surface area contributed by atoms with Gasteiger partial charge >= 0.3 is 0 Å². The molecule has 120 valence electrons. The number of hydrogen-bond acceptors (Lipinski definition) is 3. The van der Waals surface area contributed by atoms with Gasteiger partial charge in [0.05, 0.1) is 17.2 Å². The van der Waals surface area contributed by atoms with Gasteiger partial charge < -0.3 is 5.32 Å². The first-order valence-corrected chi connectivity index (χ1v) is 8.01. The normalized spacial score (nSPS) is 19.2. The highest BCUT2D eigenvalue weighted by Gasteiger charge is 2.39. The summed E-state index contributed by atoms with van der Waals surface area (Å²) in [6.45, 7) is 0.0138. The lowest BCUT2D eigenvalue weighted by Gasteiger charge is -2.10. The van der Waals surface area contributed by atoms with E-state index in [9.17, 15) is 9.59 Å². The van der Waals surface area contributed by atoms with Gasteiger partial charge in [0.15, 0.2) is 0 Å². The predicted molar refractivity (Wildman–Crippen MR) is 91.7 cm³/mol. The van der Waals surface area contributed by atoms with Gasteiger partial charge in [0.2, 0.25) is 5.91 Å². The van der Waals surface area contributed by atoms with Crippen molar-refractivity contribution in [2.75, 3.05) is 0 Å². The summed E-state index contributed by atoms with van der Waals surface area (Å²) in [6, 6.07) is 17.7. The Labute approximate surface area is 139 Å². The zero-order valence-electron chi connectivity index (χ0n) is 13.1. The average molecular weight is 319 g/mol. The minimum absolute atomic E-state index is 0.0138. The number of nitrogens with zero attached hydrogens (tertiary/aromatic N) is 2. The summed E-state index contributed by atoms with van der Waals surface area (Å²) in [5, 5.41) is 3.02. The molecular weight excluding hydrogens is 302 g/mol. The SMILES string of the molecule is O=C(Cn1c(=O)cnc2ccccc21)N[C@@H]1C[C@H]1c1ccccc1. The van der Waals surface area contributed by atoms with Crippen molar-refractivity contribution in [3.05, 3.63) is 76.7 Å². The zero-order chi connectivity index (χ0) is 16.5. The Morgan fingerprint density at radius 3 is 2.71 bits per heavy atom. The molecule has 5 heteroatoms. The van der Waals surface area contributed by atoms with Gasteiger partial charge in [0, 0.05) is 12.0 Å². The van der Waals surface area contributed by atoms with E-state index < -0.39 is 0 Å². The van der Waals surface area contributed by atoms with Crippen molar-refractivity contribution in [2.45, 2.75) is 24.9 Å². The highest BCUT2D eigenvalue weighted by atomic mass is 16.2. The maximum Gasteiger partial charge on any atom is 0.269 e. The van der Waals surface area contributed by atoms with E-state index in [0.717, 1.165) is 6.42 Å². The number of carbonyl (C=O) groups is 1. The van der Waals surface area contributed by atoms with Crippen LogP contribution in [-0.2, 0) is 11.3 Å². The smallest absolute Gasteiger partial charge is 0.269 e. The molecule has 0 unspecified atom stereocenters. The fraction of sp³-hybridized carbons (Fsp3) is 0.211. The summed E-state index contributed by atoms with van der Waals surface area (Å²) in [5.74, 6) is 0.234. The van der Waals surface area contributed by atoms with Crippen molar-refractivity contribution in [3.63, 3.8) is 0 Å². The van der Waals surface area contributed by atoms with Gasteiger partial charge in [0.1, 0.15) is 6.54 Å². The summed E-state index contributed by atoms with van der Waals surface area (Å²) in [5.41, 5.74) is 2.36. The van der Waals surface area contributed by atoms with Gasteiger partial charge in [-0.05, 0) is 24.1 Å². The summed E-state index contributed by atoms with van der Waals surface area (Å²) in [6.07, 6.45) is 2.21. The van der Waals surface area contributed by atoms with Crippen molar-refractivity contribution >= 4 is 16.9 Å². The molecular formula is C19H17N3O2. The standard InChI is InChI=1S/C19H17N3O2/c23-18(21-16-10-14(16)13-6-2-1-3-7-13)12-22-17-9-5-4-8-15(17)20-11-19(22)24/h1-9,11,14,16H,10,12H2,(H,21,23)/t14-,16+/m0/s1. The number of nitrogens with one attached hydrogen (secondary N) is 1. The molecule has 0 spiro atoms. The van der Waals surface area contributed by atoms with E-state index in [4.69, 9.17) is 0 Å². The Balaban J connectivity index is 1.48. The van der Waals surface area contributed by atoms with Gasteiger partial charge in [0.25, 0.3) is 5.56 Å². The summed E-state index contributed by atoms with van der Waals surface area (Å²) >= 11 is 0. The molecule has 1 heterocycles. The fourth-order valence-electron chi connectivity index (χ4n) is 3.10. The molecule has 4 rings (SSSR count). The van der Waals surface area contributed by atoms with Crippen molar-refractivity contribution in [1.29, 1.82) is 0 Å². The molecule has 1 saturated carbocycles.